The van der Waals surface area contributed by atoms with Crippen molar-refractivity contribution < 1.29 is 0 Å². The third kappa shape index (κ3) is 1.98. The maximum Gasteiger partial charge on any atom is 0.116 e. The Morgan fingerprint density at radius 3 is 2.70 bits per heavy atom. The van der Waals surface area contributed by atoms with Gasteiger partial charge in [0.15, 0.2) is 0 Å². The molecular weight excluding hydrogens is 246 g/mol. The average Bonchev–Trinajstić information content (AvgIpc) is 2.56. The van der Waals surface area contributed by atoms with Crippen molar-refractivity contribution in [3.05, 3.63) is 52.8 Å². The third-order valence-electron chi connectivity index (χ3n) is 4.13. The molecule has 0 N–H and O–H groups in total. The molecule has 1 aromatic heterocycles. The Morgan fingerprint density at radius 2 is 1.95 bits per heavy atom. The van der Waals surface area contributed by atoms with Crippen LogP contribution in [0, 0.1) is 0 Å². The molecule has 0 radical (unpaired) electrons. The highest BCUT2D eigenvalue weighted by Gasteiger charge is 2.28. The van der Waals surface area contributed by atoms with Gasteiger partial charge in [-0.25, -0.2) is 9.97 Å². The Bertz CT molecular complexity index is 635. The van der Waals surface area contributed by atoms with Crippen LogP contribution in [0.5, 0.6) is 0 Å². The number of allylic oxidation sites excluding steroid dienone is 5. The number of rotatable bonds is 1. The third-order valence-corrected chi connectivity index (χ3v) is 4.13. The summed E-state index contributed by atoms with van der Waals surface area (Å²) in [6.07, 6.45) is 10.2. The SMILES string of the molecule is CC1=CC=C(C)N(C(C)C)C2=C1CCc1cncnc12. The summed E-state index contributed by atoms with van der Waals surface area (Å²) in [5, 5.41) is 0. The smallest absolute Gasteiger partial charge is 0.116 e. The van der Waals surface area contributed by atoms with Crippen molar-refractivity contribution >= 4 is 5.70 Å². The first kappa shape index (κ1) is 13.1. The van der Waals surface area contributed by atoms with Gasteiger partial charge in [-0.3, -0.25) is 0 Å². The number of aromatic nitrogens is 2. The summed E-state index contributed by atoms with van der Waals surface area (Å²) >= 11 is 0. The van der Waals surface area contributed by atoms with E-state index in [9.17, 15) is 0 Å². The van der Waals surface area contributed by atoms with Crippen molar-refractivity contribution in [3.8, 4) is 0 Å². The second-order valence-corrected chi connectivity index (χ2v) is 5.85. The van der Waals surface area contributed by atoms with E-state index in [1.807, 2.05) is 6.20 Å². The molecule has 1 aliphatic carbocycles. The lowest BCUT2D eigenvalue weighted by Crippen LogP contribution is -2.30. The topological polar surface area (TPSA) is 29.0 Å². The van der Waals surface area contributed by atoms with Crippen LogP contribution in [0.3, 0.4) is 0 Å². The molecule has 0 spiro atoms. The summed E-state index contributed by atoms with van der Waals surface area (Å²) in [6, 6.07) is 0.413. The van der Waals surface area contributed by atoms with E-state index in [0.717, 1.165) is 18.5 Å². The molecule has 20 heavy (non-hydrogen) atoms. The highest BCUT2D eigenvalue weighted by molar-refractivity contribution is 5.75. The van der Waals surface area contributed by atoms with Crippen molar-refractivity contribution in [2.24, 2.45) is 0 Å². The van der Waals surface area contributed by atoms with Crippen molar-refractivity contribution in [2.75, 3.05) is 0 Å². The number of hydrogen-bond acceptors (Lipinski definition) is 3. The van der Waals surface area contributed by atoms with Gasteiger partial charge in [0.1, 0.15) is 6.33 Å². The van der Waals surface area contributed by atoms with Gasteiger partial charge in [0.05, 0.1) is 11.4 Å². The van der Waals surface area contributed by atoms with Crippen molar-refractivity contribution in [3.63, 3.8) is 0 Å². The summed E-state index contributed by atoms with van der Waals surface area (Å²) < 4.78 is 0. The molecule has 0 atom stereocenters. The molecule has 3 heteroatoms. The first-order chi connectivity index (χ1) is 9.59. The van der Waals surface area contributed by atoms with Crippen LogP contribution in [0.25, 0.3) is 5.70 Å². The van der Waals surface area contributed by atoms with Gasteiger partial charge < -0.3 is 4.90 Å². The zero-order valence-electron chi connectivity index (χ0n) is 12.6. The molecule has 0 fully saturated rings. The first-order valence-corrected chi connectivity index (χ1v) is 7.26. The second-order valence-electron chi connectivity index (χ2n) is 5.85. The van der Waals surface area contributed by atoms with Gasteiger partial charge in [-0.2, -0.15) is 0 Å². The number of hydrogen-bond donors (Lipinski definition) is 0. The Kier molecular flexibility index (Phi) is 3.20. The predicted molar refractivity (Wildman–Crippen MR) is 81.8 cm³/mol. The molecule has 0 amide bonds. The molecule has 1 aromatic rings. The van der Waals surface area contributed by atoms with E-state index in [1.165, 1.54) is 28.1 Å². The number of aryl methyl sites for hydroxylation is 1. The van der Waals surface area contributed by atoms with Gasteiger partial charge >= 0.3 is 0 Å². The minimum atomic E-state index is 0.413. The zero-order valence-corrected chi connectivity index (χ0v) is 12.6. The van der Waals surface area contributed by atoms with Crippen LogP contribution in [-0.4, -0.2) is 20.9 Å². The molecule has 3 rings (SSSR count). The first-order valence-electron chi connectivity index (χ1n) is 7.26. The molecule has 1 aliphatic heterocycles. The maximum absolute atomic E-state index is 4.58. The van der Waals surface area contributed by atoms with Gasteiger partial charge in [-0.15, -0.1) is 0 Å². The van der Waals surface area contributed by atoms with Crippen LogP contribution in [0.2, 0.25) is 0 Å². The van der Waals surface area contributed by atoms with E-state index in [0.29, 0.717) is 6.04 Å². The molecule has 2 aliphatic rings. The Hall–Kier alpha value is -1.90. The Balaban J connectivity index is 2.27. The molecule has 3 nitrogen and oxygen atoms in total. The predicted octanol–water partition coefficient (Wildman–Crippen LogP) is 3.71. The summed E-state index contributed by atoms with van der Waals surface area (Å²) in [7, 11) is 0. The highest BCUT2D eigenvalue weighted by atomic mass is 15.2. The van der Waals surface area contributed by atoms with Crippen LogP contribution >= 0.6 is 0 Å². The Labute approximate surface area is 120 Å². The Morgan fingerprint density at radius 1 is 1.15 bits per heavy atom. The summed E-state index contributed by atoms with van der Waals surface area (Å²) in [4.78, 5) is 11.2. The highest BCUT2D eigenvalue weighted by Crippen LogP contribution is 2.39. The lowest BCUT2D eigenvalue weighted by atomic mass is 9.89. The molecule has 104 valence electrons. The summed E-state index contributed by atoms with van der Waals surface area (Å²) in [6.45, 7) is 8.85. The molecule has 0 bridgehead atoms. The van der Waals surface area contributed by atoms with Gasteiger partial charge in [-0.05, 0) is 63.3 Å². The van der Waals surface area contributed by atoms with Crippen molar-refractivity contribution in [1.82, 2.24) is 14.9 Å². The standard InChI is InChI=1S/C17H21N3/c1-11(2)20-13(4)6-5-12(3)15-8-7-14-9-18-10-19-16(14)17(15)20/h5-6,9-11H,7-8H2,1-4H3. The van der Waals surface area contributed by atoms with Crippen molar-refractivity contribution in [2.45, 2.75) is 46.6 Å². The fourth-order valence-electron chi connectivity index (χ4n) is 3.19. The number of nitrogens with zero attached hydrogens (tertiary/aromatic N) is 3. The van der Waals surface area contributed by atoms with E-state index in [4.69, 9.17) is 0 Å². The molecule has 2 heterocycles. The van der Waals surface area contributed by atoms with Crippen LogP contribution < -0.4 is 0 Å². The minimum absolute atomic E-state index is 0.413. The maximum atomic E-state index is 4.58. The second kappa shape index (κ2) is 4.89. The zero-order chi connectivity index (χ0) is 14.3. The van der Waals surface area contributed by atoms with Crippen LogP contribution in [0.4, 0.5) is 0 Å². The fourth-order valence-corrected chi connectivity index (χ4v) is 3.19. The average molecular weight is 267 g/mol. The number of fused-ring (bicyclic) bond motifs is 2. The van der Waals surface area contributed by atoms with Gasteiger partial charge in [0.25, 0.3) is 0 Å². The molecule has 0 saturated carbocycles. The van der Waals surface area contributed by atoms with Gasteiger partial charge in [0, 0.05) is 17.9 Å². The minimum Gasteiger partial charge on any atom is -0.341 e. The van der Waals surface area contributed by atoms with Crippen LogP contribution in [-0.2, 0) is 6.42 Å². The van der Waals surface area contributed by atoms with E-state index in [1.54, 1.807) is 6.33 Å². The quantitative estimate of drug-likeness (QED) is 0.776. The van der Waals surface area contributed by atoms with Crippen molar-refractivity contribution in [1.29, 1.82) is 0 Å². The summed E-state index contributed by atoms with van der Waals surface area (Å²) in [5.41, 5.74) is 7.71. The van der Waals surface area contributed by atoms with E-state index in [2.05, 4.69) is 54.7 Å². The normalized spacial score (nSPS) is 18.4. The molecular formula is C17H21N3. The molecule has 0 unspecified atom stereocenters. The molecule has 0 saturated heterocycles. The summed E-state index contributed by atoms with van der Waals surface area (Å²) in [5.74, 6) is 0. The molecule has 0 aromatic carbocycles. The monoisotopic (exact) mass is 267 g/mol. The van der Waals surface area contributed by atoms with Crippen LogP contribution in [0.15, 0.2) is 41.5 Å². The fraction of sp³-hybridized carbons (Fsp3) is 0.412. The van der Waals surface area contributed by atoms with E-state index >= 15 is 0 Å². The largest absolute Gasteiger partial charge is 0.341 e. The van der Waals surface area contributed by atoms with Gasteiger partial charge in [0.2, 0.25) is 0 Å². The van der Waals surface area contributed by atoms with Crippen LogP contribution in [0.1, 0.15) is 45.4 Å². The lowest BCUT2D eigenvalue weighted by molar-refractivity contribution is 0.400. The van der Waals surface area contributed by atoms with E-state index < -0.39 is 0 Å². The van der Waals surface area contributed by atoms with E-state index in [-0.39, 0.29) is 0 Å². The lowest BCUT2D eigenvalue weighted by Gasteiger charge is -2.35. The van der Waals surface area contributed by atoms with Gasteiger partial charge in [-0.1, -0.05) is 6.08 Å².